The van der Waals surface area contributed by atoms with E-state index < -0.39 is 0 Å². The number of hydrogen-bond acceptors (Lipinski definition) is 6. The monoisotopic (exact) mass is 431 g/mol. The molecule has 0 bridgehead atoms. The van der Waals surface area contributed by atoms with Gasteiger partial charge in [-0.3, -0.25) is 4.79 Å². The summed E-state index contributed by atoms with van der Waals surface area (Å²) in [5.74, 6) is 0.425. The number of para-hydroxylation sites is 1. The smallest absolute Gasteiger partial charge is 0.277 e. The van der Waals surface area contributed by atoms with Crippen molar-refractivity contribution in [2.75, 3.05) is 17.2 Å². The maximum Gasteiger partial charge on any atom is 0.277 e. The summed E-state index contributed by atoms with van der Waals surface area (Å²) in [5.41, 5.74) is 4.74. The molecule has 1 N–H and O–H groups in total. The standard InChI is InChI=1S/C23H21N5O2S/c1-15-10-16(2)12-17(11-15)28(9-5-8-24)21(29)14-31-23-27-26-22(30-23)19-13-25-20-7-4-3-6-18(19)20/h3-4,6-7,10-13,25H,5,9,14H2,1-2H3. The van der Waals surface area contributed by atoms with Gasteiger partial charge in [-0.25, -0.2) is 0 Å². The summed E-state index contributed by atoms with van der Waals surface area (Å²) < 4.78 is 5.79. The van der Waals surface area contributed by atoms with E-state index in [0.29, 0.717) is 17.7 Å². The minimum Gasteiger partial charge on any atom is -0.411 e. The molecule has 0 aliphatic rings. The van der Waals surface area contributed by atoms with Crippen molar-refractivity contribution in [3.8, 4) is 17.5 Å². The number of benzene rings is 2. The third-order valence-corrected chi connectivity index (χ3v) is 5.61. The van der Waals surface area contributed by atoms with E-state index in [-0.39, 0.29) is 18.1 Å². The van der Waals surface area contributed by atoms with Crippen LogP contribution < -0.4 is 4.90 Å². The summed E-state index contributed by atoms with van der Waals surface area (Å²) in [6, 6.07) is 15.9. The van der Waals surface area contributed by atoms with Crippen LogP contribution in [0.3, 0.4) is 0 Å². The third kappa shape index (κ3) is 4.62. The zero-order valence-corrected chi connectivity index (χ0v) is 18.1. The Labute approximate surface area is 184 Å². The van der Waals surface area contributed by atoms with Crippen LogP contribution in [0.2, 0.25) is 0 Å². The fourth-order valence-electron chi connectivity index (χ4n) is 3.49. The van der Waals surface area contributed by atoms with E-state index in [4.69, 9.17) is 9.68 Å². The first-order chi connectivity index (χ1) is 15.0. The number of aryl methyl sites for hydroxylation is 2. The molecule has 31 heavy (non-hydrogen) atoms. The molecule has 0 fully saturated rings. The Morgan fingerprint density at radius 2 is 1.97 bits per heavy atom. The first-order valence-electron chi connectivity index (χ1n) is 9.83. The zero-order chi connectivity index (χ0) is 21.8. The van der Waals surface area contributed by atoms with E-state index in [0.717, 1.165) is 33.3 Å². The number of aromatic nitrogens is 3. The van der Waals surface area contributed by atoms with E-state index in [1.807, 2.05) is 56.4 Å². The van der Waals surface area contributed by atoms with Crippen molar-refractivity contribution in [3.63, 3.8) is 0 Å². The van der Waals surface area contributed by atoms with Crippen molar-refractivity contribution in [1.29, 1.82) is 5.26 Å². The van der Waals surface area contributed by atoms with Gasteiger partial charge in [0.05, 0.1) is 23.8 Å². The van der Waals surface area contributed by atoms with Crippen molar-refractivity contribution < 1.29 is 9.21 Å². The van der Waals surface area contributed by atoms with Crippen LogP contribution in [0.15, 0.2) is 58.3 Å². The molecule has 0 aliphatic carbocycles. The van der Waals surface area contributed by atoms with E-state index >= 15 is 0 Å². The first-order valence-corrected chi connectivity index (χ1v) is 10.8. The second-order valence-corrected chi connectivity index (χ2v) is 8.14. The number of rotatable bonds is 7. The topological polar surface area (TPSA) is 98.8 Å². The molecule has 7 nitrogen and oxygen atoms in total. The maximum atomic E-state index is 13.0. The van der Waals surface area contributed by atoms with Crippen LogP contribution in [-0.2, 0) is 4.79 Å². The van der Waals surface area contributed by atoms with Crippen LogP contribution in [0.5, 0.6) is 0 Å². The molecule has 2 heterocycles. The van der Waals surface area contributed by atoms with Gasteiger partial charge in [-0.05, 0) is 43.2 Å². The van der Waals surface area contributed by atoms with Gasteiger partial charge >= 0.3 is 0 Å². The predicted octanol–water partition coefficient (Wildman–Crippen LogP) is 4.87. The SMILES string of the molecule is Cc1cc(C)cc(N(CCC#N)C(=O)CSc2nnc(-c3c[nH]c4ccccc34)o2)c1. The lowest BCUT2D eigenvalue weighted by Crippen LogP contribution is -2.33. The Balaban J connectivity index is 1.48. The van der Waals surface area contributed by atoms with Gasteiger partial charge in [-0.2, -0.15) is 5.26 Å². The molecule has 4 rings (SSSR count). The van der Waals surface area contributed by atoms with E-state index in [2.05, 4.69) is 27.3 Å². The number of H-pyrrole nitrogens is 1. The van der Waals surface area contributed by atoms with Crippen molar-refractivity contribution in [2.45, 2.75) is 25.5 Å². The Morgan fingerprint density at radius 1 is 1.19 bits per heavy atom. The highest BCUT2D eigenvalue weighted by molar-refractivity contribution is 7.99. The van der Waals surface area contributed by atoms with Gasteiger partial charge in [0.2, 0.25) is 5.91 Å². The lowest BCUT2D eigenvalue weighted by molar-refractivity contribution is -0.116. The van der Waals surface area contributed by atoms with Crippen LogP contribution in [-0.4, -0.2) is 33.4 Å². The molecular weight excluding hydrogens is 410 g/mol. The van der Waals surface area contributed by atoms with Gasteiger partial charge in [0.1, 0.15) is 0 Å². The Bertz CT molecular complexity index is 1250. The second-order valence-electron chi connectivity index (χ2n) is 7.21. The Morgan fingerprint density at radius 3 is 2.74 bits per heavy atom. The van der Waals surface area contributed by atoms with Crippen molar-refractivity contribution in [2.24, 2.45) is 0 Å². The molecule has 0 radical (unpaired) electrons. The van der Waals surface area contributed by atoms with E-state index in [1.54, 1.807) is 4.90 Å². The number of nitrogens with one attached hydrogen (secondary N) is 1. The number of nitriles is 1. The van der Waals surface area contributed by atoms with Crippen LogP contribution >= 0.6 is 11.8 Å². The molecule has 0 saturated carbocycles. The molecule has 156 valence electrons. The summed E-state index contributed by atoms with van der Waals surface area (Å²) >= 11 is 1.19. The molecule has 4 aromatic rings. The Kier molecular flexibility index (Phi) is 6.05. The summed E-state index contributed by atoms with van der Waals surface area (Å²) in [7, 11) is 0. The summed E-state index contributed by atoms with van der Waals surface area (Å²) in [6.45, 7) is 4.31. The van der Waals surface area contributed by atoms with Crippen LogP contribution in [0.1, 0.15) is 17.5 Å². The van der Waals surface area contributed by atoms with Crippen LogP contribution in [0.25, 0.3) is 22.4 Å². The molecule has 0 spiro atoms. The highest BCUT2D eigenvalue weighted by Gasteiger charge is 2.19. The number of hydrogen-bond donors (Lipinski definition) is 1. The van der Waals surface area contributed by atoms with E-state index in [1.165, 1.54) is 11.8 Å². The van der Waals surface area contributed by atoms with Gasteiger partial charge in [0, 0.05) is 29.3 Å². The van der Waals surface area contributed by atoms with Crippen molar-refractivity contribution in [1.82, 2.24) is 15.2 Å². The molecule has 2 aromatic carbocycles. The van der Waals surface area contributed by atoms with Crippen LogP contribution in [0, 0.1) is 25.2 Å². The molecule has 8 heteroatoms. The fourth-order valence-corrected chi connectivity index (χ4v) is 4.13. The molecule has 2 aromatic heterocycles. The Hall–Kier alpha value is -3.57. The highest BCUT2D eigenvalue weighted by atomic mass is 32.2. The van der Waals surface area contributed by atoms with Gasteiger partial charge in [-0.1, -0.05) is 36.0 Å². The average molecular weight is 432 g/mol. The van der Waals surface area contributed by atoms with Crippen LogP contribution in [0.4, 0.5) is 5.69 Å². The lowest BCUT2D eigenvalue weighted by atomic mass is 10.1. The molecule has 0 saturated heterocycles. The summed E-state index contributed by atoms with van der Waals surface area (Å²) in [5, 5.41) is 18.5. The first kappa shape index (κ1) is 20.7. The van der Waals surface area contributed by atoms with E-state index in [9.17, 15) is 4.79 Å². The maximum absolute atomic E-state index is 13.0. The number of carbonyl (C=O) groups excluding carboxylic acids is 1. The second kappa shape index (κ2) is 9.06. The number of carbonyl (C=O) groups is 1. The summed E-state index contributed by atoms with van der Waals surface area (Å²) in [4.78, 5) is 17.8. The summed E-state index contributed by atoms with van der Waals surface area (Å²) in [6.07, 6.45) is 2.09. The van der Waals surface area contributed by atoms with Crippen molar-refractivity contribution in [3.05, 3.63) is 59.8 Å². The van der Waals surface area contributed by atoms with Gasteiger partial charge in [0.15, 0.2) is 0 Å². The number of fused-ring (bicyclic) bond motifs is 1. The number of anilines is 1. The molecule has 1 amide bonds. The number of nitrogens with zero attached hydrogens (tertiary/aromatic N) is 4. The third-order valence-electron chi connectivity index (χ3n) is 4.81. The highest BCUT2D eigenvalue weighted by Crippen LogP contribution is 2.30. The number of thioether (sulfide) groups is 1. The molecular formula is C23H21N5O2S. The zero-order valence-electron chi connectivity index (χ0n) is 17.3. The van der Waals surface area contributed by atoms with Gasteiger partial charge in [-0.15, -0.1) is 10.2 Å². The molecule has 0 atom stereocenters. The quantitative estimate of drug-likeness (QED) is 0.419. The normalized spacial score (nSPS) is 10.9. The predicted molar refractivity (Wildman–Crippen MR) is 121 cm³/mol. The lowest BCUT2D eigenvalue weighted by Gasteiger charge is -2.22. The van der Waals surface area contributed by atoms with Crippen molar-refractivity contribution >= 4 is 34.3 Å². The average Bonchev–Trinajstić information content (AvgIpc) is 3.38. The largest absolute Gasteiger partial charge is 0.411 e. The minimum atomic E-state index is -0.114. The molecule has 0 aliphatic heterocycles. The fraction of sp³-hybridized carbons (Fsp3) is 0.217. The molecule has 0 unspecified atom stereocenters. The minimum absolute atomic E-state index is 0.114. The van der Waals surface area contributed by atoms with Gasteiger partial charge < -0.3 is 14.3 Å². The number of amides is 1. The van der Waals surface area contributed by atoms with Gasteiger partial charge in [0.25, 0.3) is 11.1 Å². The number of aromatic amines is 1.